The average molecular weight is 474 g/mol. The highest BCUT2D eigenvalue weighted by atomic mass is 35.5. The van der Waals surface area contributed by atoms with Crippen molar-refractivity contribution in [3.63, 3.8) is 0 Å². The van der Waals surface area contributed by atoms with Gasteiger partial charge in [0.2, 0.25) is 5.91 Å². The van der Waals surface area contributed by atoms with Crippen molar-refractivity contribution >= 4 is 44.7 Å². The van der Waals surface area contributed by atoms with Crippen LogP contribution in [0.2, 0.25) is 5.02 Å². The van der Waals surface area contributed by atoms with E-state index in [1.807, 2.05) is 0 Å². The van der Waals surface area contributed by atoms with Crippen LogP contribution in [0, 0.1) is 12.7 Å². The van der Waals surface area contributed by atoms with E-state index in [2.05, 4.69) is 5.32 Å². The van der Waals surface area contributed by atoms with Crippen LogP contribution in [0.1, 0.15) is 5.56 Å². The third kappa shape index (κ3) is 3.92. The van der Waals surface area contributed by atoms with Crippen molar-refractivity contribution in [2.45, 2.75) is 13.5 Å². The van der Waals surface area contributed by atoms with Crippen LogP contribution in [0.5, 0.6) is 5.75 Å². The summed E-state index contributed by atoms with van der Waals surface area (Å²) in [5.74, 6) is -0.472. The lowest BCUT2D eigenvalue weighted by molar-refractivity contribution is -0.116. The molecule has 32 heavy (non-hydrogen) atoms. The van der Waals surface area contributed by atoms with Crippen LogP contribution >= 0.6 is 22.9 Å². The van der Waals surface area contributed by atoms with Gasteiger partial charge in [0.05, 0.1) is 23.3 Å². The van der Waals surface area contributed by atoms with Gasteiger partial charge in [-0.15, -0.1) is 11.3 Å². The number of hydrogen-bond donors (Lipinski definition) is 1. The van der Waals surface area contributed by atoms with Gasteiger partial charge in [-0.2, -0.15) is 0 Å². The number of anilines is 1. The van der Waals surface area contributed by atoms with E-state index in [4.69, 9.17) is 16.3 Å². The Bertz CT molecular complexity index is 1470. The van der Waals surface area contributed by atoms with E-state index >= 15 is 0 Å². The monoisotopic (exact) mass is 473 g/mol. The van der Waals surface area contributed by atoms with Gasteiger partial charge in [-0.05, 0) is 60.3 Å². The number of ether oxygens (including phenoxy) is 1. The molecule has 0 unspecified atom stereocenters. The van der Waals surface area contributed by atoms with Gasteiger partial charge < -0.3 is 10.1 Å². The number of benzene rings is 2. The Labute approximate surface area is 190 Å². The second-order valence-electron chi connectivity index (χ2n) is 6.98. The van der Waals surface area contributed by atoms with Crippen LogP contribution in [-0.4, -0.2) is 22.2 Å². The molecule has 0 atom stereocenters. The van der Waals surface area contributed by atoms with Gasteiger partial charge in [0.1, 0.15) is 22.8 Å². The lowest BCUT2D eigenvalue weighted by Gasteiger charge is -2.13. The zero-order valence-corrected chi connectivity index (χ0v) is 18.6. The summed E-state index contributed by atoms with van der Waals surface area (Å²) in [7, 11) is 1.48. The van der Waals surface area contributed by atoms with Crippen molar-refractivity contribution in [3.8, 4) is 11.4 Å². The fourth-order valence-corrected chi connectivity index (χ4v) is 4.41. The highest BCUT2D eigenvalue weighted by molar-refractivity contribution is 7.17. The van der Waals surface area contributed by atoms with Crippen LogP contribution in [0.3, 0.4) is 0 Å². The molecule has 4 rings (SSSR count). The largest absolute Gasteiger partial charge is 0.495 e. The normalized spacial score (nSPS) is 11.0. The van der Waals surface area contributed by atoms with Crippen LogP contribution in [0.25, 0.3) is 15.9 Å². The minimum Gasteiger partial charge on any atom is -0.495 e. The Hall–Kier alpha value is -3.43. The Morgan fingerprint density at radius 2 is 1.97 bits per heavy atom. The summed E-state index contributed by atoms with van der Waals surface area (Å²) in [6, 6.07) is 10.3. The molecule has 0 aliphatic rings. The van der Waals surface area contributed by atoms with Gasteiger partial charge in [0.15, 0.2) is 0 Å². The second-order valence-corrected chi connectivity index (χ2v) is 8.30. The van der Waals surface area contributed by atoms with Gasteiger partial charge in [0.25, 0.3) is 5.56 Å². The van der Waals surface area contributed by atoms with Gasteiger partial charge in [-0.3, -0.25) is 14.2 Å². The third-order valence-corrected chi connectivity index (χ3v) is 6.08. The number of nitrogens with one attached hydrogen (secondary N) is 1. The van der Waals surface area contributed by atoms with Gasteiger partial charge in [0, 0.05) is 5.69 Å². The van der Waals surface area contributed by atoms with Crippen molar-refractivity contribution in [2.24, 2.45) is 0 Å². The number of halogens is 2. The van der Waals surface area contributed by atoms with Crippen LogP contribution in [-0.2, 0) is 11.3 Å². The van der Waals surface area contributed by atoms with E-state index in [0.717, 1.165) is 15.9 Å². The van der Waals surface area contributed by atoms with Crippen LogP contribution < -0.4 is 21.3 Å². The van der Waals surface area contributed by atoms with Crippen molar-refractivity contribution in [2.75, 3.05) is 12.4 Å². The number of amides is 1. The first-order valence-corrected chi connectivity index (χ1v) is 10.7. The number of methoxy groups -OCH3 is 1. The van der Waals surface area contributed by atoms with E-state index < -0.39 is 23.0 Å². The Morgan fingerprint density at radius 3 is 2.66 bits per heavy atom. The van der Waals surface area contributed by atoms with Crippen LogP contribution in [0.4, 0.5) is 10.1 Å². The molecule has 1 amide bonds. The number of fused-ring (bicyclic) bond motifs is 1. The minimum atomic E-state index is -0.699. The molecule has 2 aromatic carbocycles. The number of carbonyl (C=O) groups is 1. The molecule has 2 heterocycles. The second kappa shape index (κ2) is 8.60. The first kappa shape index (κ1) is 21.8. The molecule has 0 spiro atoms. The van der Waals surface area contributed by atoms with E-state index in [9.17, 15) is 18.8 Å². The molecule has 2 aromatic heterocycles. The van der Waals surface area contributed by atoms with Crippen LogP contribution in [0.15, 0.2) is 57.4 Å². The number of thiophene rings is 1. The summed E-state index contributed by atoms with van der Waals surface area (Å²) >= 11 is 7.26. The topological polar surface area (TPSA) is 82.3 Å². The van der Waals surface area contributed by atoms with Crippen molar-refractivity contribution < 1.29 is 13.9 Å². The predicted octanol–water partition coefficient (Wildman–Crippen LogP) is 3.96. The molecule has 0 saturated heterocycles. The summed E-state index contributed by atoms with van der Waals surface area (Å²) in [5, 5.41) is 4.68. The van der Waals surface area contributed by atoms with Gasteiger partial charge in [-0.1, -0.05) is 11.6 Å². The molecule has 0 aliphatic carbocycles. The molecular weight excluding hydrogens is 457 g/mol. The quantitative estimate of drug-likeness (QED) is 0.475. The van der Waals surface area contributed by atoms with Crippen molar-refractivity contribution in [1.82, 2.24) is 9.13 Å². The maximum absolute atomic E-state index is 13.7. The smallest absolute Gasteiger partial charge is 0.336 e. The summed E-state index contributed by atoms with van der Waals surface area (Å²) in [6.45, 7) is 1.20. The molecular formula is C22H17ClFN3O4S. The molecule has 164 valence electrons. The number of aryl methyl sites for hydroxylation is 1. The fourth-order valence-electron chi connectivity index (χ4n) is 3.32. The number of rotatable bonds is 5. The van der Waals surface area contributed by atoms with Gasteiger partial charge in [-0.25, -0.2) is 13.8 Å². The van der Waals surface area contributed by atoms with Gasteiger partial charge >= 0.3 is 5.69 Å². The number of carbonyl (C=O) groups excluding carboxylic acids is 1. The zero-order chi connectivity index (χ0) is 23.0. The molecule has 10 heteroatoms. The summed E-state index contributed by atoms with van der Waals surface area (Å²) < 4.78 is 21.3. The minimum absolute atomic E-state index is 0.227. The number of aromatic nitrogens is 2. The van der Waals surface area contributed by atoms with E-state index in [0.29, 0.717) is 32.2 Å². The van der Waals surface area contributed by atoms with E-state index in [1.165, 1.54) is 35.9 Å². The van der Waals surface area contributed by atoms with Crippen molar-refractivity contribution in [1.29, 1.82) is 0 Å². The molecule has 1 N–H and O–H groups in total. The maximum atomic E-state index is 13.7. The SMILES string of the molecule is COc1ccc(NC(=O)Cn2c(=O)n(-c3ccc(F)c(C)c3)c(=O)c3sccc32)cc1Cl. The molecule has 7 nitrogen and oxygen atoms in total. The molecule has 0 aliphatic heterocycles. The van der Waals surface area contributed by atoms with Crippen molar-refractivity contribution in [3.05, 3.63) is 85.1 Å². The summed E-state index contributed by atoms with van der Waals surface area (Å²) in [6.07, 6.45) is 0. The Kier molecular flexibility index (Phi) is 5.86. The number of nitrogens with zero attached hydrogens (tertiary/aromatic N) is 2. The van der Waals surface area contributed by atoms with E-state index in [1.54, 1.807) is 30.5 Å². The lowest BCUT2D eigenvalue weighted by Crippen LogP contribution is -2.40. The molecule has 4 aromatic rings. The molecule has 0 saturated carbocycles. The molecule has 0 bridgehead atoms. The maximum Gasteiger partial charge on any atom is 0.336 e. The first-order valence-electron chi connectivity index (χ1n) is 9.43. The fraction of sp³-hybridized carbons (Fsp3) is 0.136. The Morgan fingerprint density at radius 1 is 1.19 bits per heavy atom. The molecule has 0 fully saturated rings. The standard InChI is InChI=1S/C22H17ClFN3O4S/c1-12-9-14(4-5-16(12)24)27-21(29)20-17(7-8-32-20)26(22(27)30)11-19(28)25-13-3-6-18(31-2)15(23)10-13/h3-10H,11H2,1-2H3,(H,25,28). The number of hydrogen-bond acceptors (Lipinski definition) is 5. The molecule has 0 radical (unpaired) electrons. The summed E-state index contributed by atoms with van der Waals surface area (Å²) in [5.41, 5.74) is 0.0753. The first-order chi connectivity index (χ1) is 15.3. The highest BCUT2D eigenvalue weighted by Gasteiger charge is 2.18. The predicted molar refractivity (Wildman–Crippen MR) is 123 cm³/mol. The Balaban J connectivity index is 1.75. The van der Waals surface area contributed by atoms with E-state index in [-0.39, 0.29) is 12.2 Å². The third-order valence-electron chi connectivity index (χ3n) is 4.89. The average Bonchev–Trinajstić information content (AvgIpc) is 3.24. The lowest BCUT2D eigenvalue weighted by atomic mass is 10.2. The summed E-state index contributed by atoms with van der Waals surface area (Å²) in [4.78, 5) is 38.9. The highest BCUT2D eigenvalue weighted by Crippen LogP contribution is 2.27. The zero-order valence-electron chi connectivity index (χ0n) is 17.0.